The van der Waals surface area contributed by atoms with Gasteiger partial charge in [0.1, 0.15) is 0 Å². The fourth-order valence-electron chi connectivity index (χ4n) is 1.68. The number of nitrogens with one attached hydrogen (secondary N) is 2. The van der Waals surface area contributed by atoms with E-state index in [0.717, 1.165) is 5.56 Å². The van der Waals surface area contributed by atoms with Crippen molar-refractivity contribution in [2.75, 3.05) is 11.1 Å². The van der Waals surface area contributed by atoms with Gasteiger partial charge < -0.3 is 15.5 Å². The molecule has 0 fully saturated rings. The van der Waals surface area contributed by atoms with E-state index in [9.17, 15) is 4.79 Å². The Labute approximate surface area is 113 Å². The Bertz CT molecular complexity index is 734. The van der Waals surface area contributed by atoms with Gasteiger partial charge in [0.25, 0.3) is 5.91 Å². The van der Waals surface area contributed by atoms with Crippen molar-refractivity contribution in [2.24, 2.45) is 0 Å². The van der Waals surface area contributed by atoms with E-state index in [1.165, 1.54) is 6.39 Å². The summed E-state index contributed by atoms with van der Waals surface area (Å²) < 4.78 is 5.20. The van der Waals surface area contributed by atoms with E-state index >= 15 is 0 Å². The Hall–Kier alpha value is -3.16. The van der Waals surface area contributed by atoms with Gasteiger partial charge in [-0.1, -0.05) is 12.1 Å². The highest BCUT2D eigenvalue weighted by molar-refractivity contribution is 6.01. The molecule has 20 heavy (non-hydrogen) atoms. The van der Waals surface area contributed by atoms with Crippen molar-refractivity contribution in [3.05, 3.63) is 42.7 Å². The van der Waals surface area contributed by atoms with Gasteiger partial charge in [-0.3, -0.25) is 9.89 Å². The maximum absolute atomic E-state index is 11.9. The van der Waals surface area contributed by atoms with Gasteiger partial charge in [-0.25, -0.2) is 4.98 Å². The molecule has 0 unspecified atom stereocenters. The fraction of sp³-hybridized carbons (Fsp3) is 0. The topological polar surface area (TPSA) is 123 Å². The molecule has 1 aromatic carbocycles. The molecule has 0 spiro atoms. The van der Waals surface area contributed by atoms with Crippen molar-refractivity contribution >= 4 is 17.5 Å². The lowest BCUT2D eigenvalue weighted by atomic mass is 10.1. The van der Waals surface area contributed by atoms with Gasteiger partial charge in [0.15, 0.2) is 12.2 Å². The first kappa shape index (κ1) is 11.9. The van der Waals surface area contributed by atoms with Crippen LogP contribution in [-0.2, 0) is 0 Å². The molecule has 0 saturated heterocycles. The second-order valence-electron chi connectivity index (χ2n) is 3.94. The van der Waals surface area contributed by atoms with Crippen LogP contribution in [0.3, 0.4) is 0 Å². The lowest BCUT2D eigenvalue weighted by molar-refractivity contribution is 0.101. The lowest BCUT2D eigenvalue weighted by Gasteiger charge is -2.04. The molecule has 0 atom stereocenters. The molecule has 8 heteroatoms. The Morgan fingerprint density at radius 1 is 1.40 bits per heavy atom. The summed E-state index contributed by atoms with van der Waals surface area (Å²) in [5, 5.41) is 8.72. The minimum atomic E-state index is -0.427. The molecule has 3 rings (SSSR count). The molecule has 0 aliphatic carbocycles. The summed E-state index contributed by atoms with van der Waals surface area (Å²) in [6, 6.07) is 7.15. The Morgan fingerprint density at radius 2 is 2.30 bits per heavy atom. The van der Waals surface area contributed by atoms with Crippen LogP contribution >= 0.6 is 0 Å². The second-order valence-corrected chi connectivity index (χ2v) is 3.94. The molecule has 4 N–H and O–H groups in total. The lowest BCUT2D eigenvalue weighted by Crippen LogP contribution is -2.13. The van der Waals surface area contributed by atoms with E-state index in [4.69, 9.17) is 10.2 Å². The average molecular weight is 270 g/mol. The van der Waals surface area contributed by atoms with Crippen LogP contribution in [0.4, 0.5) is 11.6 Å². The van der Waals surface area contributed by atoms with Crippen molar-refractivity contribution in [3.8, 4) is 11.3 Å². The number of anilines is 2. The zero-order chi connectivity index (χ0) is 13.9. The minimum Gasteiger partial charge on any atom is -0.444 e. The largest absolute Gasteiger partial charge is 0.444 e. The molecule has 0 bridgehead atoms. The van der Waals surface area contributed by atoms with Gasteiger partial charge in [0.05, 0.1) is 6.20 Å². The molecule has 0 aliphatic heterocycles. The van der Waals surface area contributed by atoms with Gasteiger partial charge in [-0.05, 0) is 12.1 Å². The van der Waals surface area contributed by atoms with Gasteiger partial charge >= 0.3 is 0 Å². The molecule has 3 aromatic rings. The molecule has 2 aromatic heterocycles. The number of amides is 1. The second kappa shape index (κ2) is 4.84. The van der Waals surface area contributed by atoms with Gasteiger partial charge in [-0.15, -0.1) is 5.10 Å². The van der Waals surface area contributed by atoms with Crippen LogP contribution in [-0.4, -0.2) is 26.1 Å². The summed E-state index contributed by atoms with van der Waals surface area (Å²) in [5.41, 5.74) is 6.74. The first-order valence-corrected chi connectivity index (χ1v) is 5.70. The molecule has 100 valence electrons. The third-order valence-corrected chi connectivity index (χ3v) is 2.56. The molecule has 2 heterocycles. The predicted octanol–water partition coefficient (Wildman–Crippen LogP) is 1.29. The summed E-state index contributed by atoms with van der Waals surface area (Å²) >= 11 is 0. The number of rotatable bonds is 3. The quantitative estimate of drug-likeness (QED) is 0.659. The predicted molar refractivity (Wildman–Crippen MR) is 70.7 cm³/mol. The number of nitrogens with zero attached hydrogens (tertiary/aromatic N) is 3. The fourth-order valence-corrected chi connectivity index (χ4v) is 1.68. The van der Waals surface area contributed by atoms with Crippen LogP contribution in [0.1, 0.15) is 10.6 Å². The Kier molecular flexibility index (Phi) is 2.88. The number of nitrogen functional groups attached to an aromatic ring is 1. The Morgan fingerprint density at radius 3 is 3.00 bits per heavy atom. The van der Waals surface area contributed by atoms with Crippen LogP contribution in [0, 0.1) is 0 Å². The smallest absolute Gasteiger partial charge is 0.293 e. The maximum Gasteiger partial charge on any atom is 0.293 e. The van der Waals surface area contributed by atoms with E-state index in [1.807, 2.05) is 6.07 Å². The van der Waals surface area contributed by atoms with Crippen LogP contribution in [0.25, 0.3) is 11.3 Å². The standard InChI is InChI=1S/C12H10N6O2/c13-12-16-10(17-18-12)11(19)15-8-3-1-2-7(4-8)9-5-14-6-20-9/h1-6H,(H,15,19)(H3,13,16,17,18). The number of benzene rings is 1. The third kappa shape index (κ3) is 2.34. The number of aromatic nitrogens is 4. The highest BCUT2D eigenvalue weighted by Gasteiger charge is 2.11. The van der Waals surface area contributed by atoms with Crippen molar-refractivity contribution in [3.63, 3.8) is 0 Å². The highest BCUT2D eigenvalue weighted by Crippen LogP contribution is 2.22. The first-order chi connectivity index (χ1) is 9.72. The molecule has 8 nitrogen and oxygen atoms in total. The van der Waals surface area contributed by atoms with E-state index < -0.39 is 5.91 Å². The first-order valence-electron chi connectivity index (χ1n) is 5.70. The van der Waals surface area contributed by atoms with Crippen molar-refractivity contribution in [1.29, 1.82) is 0 Å². The Balaban J connectivity index is 1.81. The SMILES string of the molecule is Nc1n[nH]c(C(=O)Nc2cccc(-c3cnco3)c2)n1. The summed E-state index contributed by atoms with van der Waals surface area (Å²) in [4.78, 5) is 19.5. The molecule has 0 radical (unpaired) electrons. The zero-order valence-electron chi connectivity index (χ0n) is 10.2. The van der Waals surface area contributed by atoms with Crippen LogP contribution in [0.2, 0.25) is 0 Å². The summed E-state index contributed by atoms with van der Waals surface area (Å²) in [6.07, 6.45) is 2.94. The normalized spacial score (nSPS) is 10.4. The minimum absolute atomic E-state index is 0.0190. The van der Waals surface area contributed by atoms with E-state index in [0.29, 0.717) is 11.4 Å². The molecular formula is C12H10N6O2. The zero-order valence-corrected chi connectivity index (χ0v) is 10.2. The number of H-pyrrole nitrogens is 1. The number of hydrogen-bond donors (Lipinski definition) is 3. The third-order valence-electron chi connectivity index (χ3n) is 2.56. The van der Waals surface area contributed by atoms with Gasteiger partial charge in [0, 0.05) is 11.3 Å². The van der Waals surface area contributed by atoms with E-state index in [-0.39, 0.29) is 11.8 Å². The van der Waals surface area contributed by atoms with Gasteiger partial charge in [0.2, 0.25) is 11.8 Å². The molecular weight excluding hydrogens is 260 g/mol. The number of carbonyl (C=O) groups is 1. The highest BCUT2D eigenvalue weighted by atomic mass is 16.3. The number of hydrogen-bond acceptors (Lipinski definition) is 6. The molecule has 0 aliphatic rings. The average Bonchev–Trinajstić information content (AvgIpc) is 3.10. The van der Waals surface area contributed by atoms with E-state index in [2.05, 4.69) is 25.5 Å². The maximum atomic E-state index is 11.9. The number of oxazole rings is 1. The monoisotopic (exact) mass is 270 g/mol. The van der Waals surface area contributed by atoms with Gasteiger partial charge in [-0.2, -0.15) is 4.98 Å². The van der Waals surface area contributed by atoms with Crippen molar-refractivity contribution in [1.82, 2.24) is 20.2 Å². The number of aromatic amines is 1. The van der Waals surface area contributed by atoms with Crippen LogP contribution in [0.5, 0.6) is 0 Å². The molecule has 0 saturated carbocycles. The number of carbonyl (C=O) groups excluding carboxylic acids is 1. The molecule has 1 amide bonds. The van der Waals surface area contributed by atoms with E-state index in [1.54, 1.807) is 24.4 Å². The van der Waals surface area contributed by atoms with Crippen molar-refractivity contribution < 1.29 is 9.21 Å². The summed E-state index contributed by atoms with van der Waals surface area (Å²) in [5.74, 6) is 0.257. The summed E-state index contributed by atoms with van der Waals surface area (Å²) in [6.45, 7) is 0. The van der Waals surface area contributed by atoms with Crippen LogP contribution < -0.4 is 11.1 Å². The van der Waals surface area contributed by atoms with Crippen LogP contribution in [0.15, 0.2) is 41.3 Å². The van der Waals surface area contributed by atoms with Crippen molar-refractivity contribution in [2.45, 2.75) is 0 Å². The summed E-state index contributed by atoms with van der Waals surface area (Å²) in [7, 11) is 0. The number of nitrogens with two attached hydrogens (primary N) is 1.